The third-order valence-corrected chi connectivity index (χ3v) is 2.83. The number of hydrogen-bond acceptors (Lipinski definition) is 5. The maximum absolute atomic E-state index is 10.9. The van der Waals surface area contributed by atoms with E-state index in [4.69, 9.17) is 9.47 Å². The average Bonchev–Trinajstić information content (AvgIpc) is 2.25. The van der Waals surface area contributed by atoms with E-state index in [0.29, 0.717) is 6.61 Å². The van der Waals surface area contributed by atoms with Crippen LogP contribution in [0.5, 0.6) is 0 Å². The lowest BCUT2D eigenvalue weighted by Crippen LogP contribution is -2.32. The third-order valence-electron chi connectivity index (χ3n) is 2.83. The Morgan fingerprint density at radius 2 is 1.82 bits per heavy atom. The Labute approximate surface area is 101 Å². The number of hydrogen-bond donors (Lipinski definition) is 0. The largest absolute Gasteiger partial charge is 0.462 e. The molecular formula is C12H20O5. The van der Waals surface area contributed by atoms with Crippen molar-refractivity contribution in [1.29, 1.82) is 0 Å². The van der Waals surface area contributed by atoms with Crippen LogP contribution in [0.15, 0.2) is 0 Å². The fourth-order valence-electron chi connectivity index (χ4n) is 2.06. The SMILES string of the molecule is CC(=O)OCOCC1CCCCC1OC(C)=O. The van der Waals surface area contributed by atoms with Crippen molar-refractivity contribution in [3.63, 3.8) is 0 Å². The smallest absolute Gasteiger partial charge is 0.304 e. The molecule has 0 N–H and O–H groups in total. The van der Waals surface area contributed by atoms with Crippen LogP contribution in [-0.4, -0.2) is 31.4 Å². The molecule has 0 aromatic rings. The highest BCUT2D eigenvalue weighted by Crippen LogP contribution is 2.27. The summed E-state index contributed by atoms with van der Waals surface area (Å²) >= 11 is 0. The van der Waals surface area contributed by atoms with Gasteiger partial charge in [-0.3, -0.25) is 9.59 Å². The van der Waals surface area contributed by atoms with E-state index in [2.05, 4.69) is 4.74 Å². The van der Waals surface area contributed by atoms with E-state index >= 15 is 0 Å². The van der Waals surface area contributed by atoms with Gasteiger partial charge in [0.05, 0.1) is 6.61 Å². The fraction of sp³-hybridized carbons (Fsp3) is 0.833. The van der Waals surface area contributed by atoms with Crippen LogP contribution in [0, 0.1) is 5.92 Å². The molecule has 0 spiro atoms. The zero-order chi connectivity index (χ0) is 12.7. The van der Waals surface area contributed by atoms with E-state index in [1.54, 1.807) is 0 Å². The highest BCUT2D eigenvalue weighted by atomic mass is 16.7. The minimum Gasteiger partial charge on any atom is -0.462 e. The molecule has 2 atom stereocenters. The molecule has 0 heterocycles. The van der Waals surface area contributed by atoms with Crippen LogP contribution in [0.1, 0.15) is 39.5 Å². The van der Waals surface area contributed by atoms with Crippen LogP contribution >= 0.6 is 0 Å². The summed E-state index contributed by atoms with van der Waals surface area (Å²) in [6, 6.07) is 0. The average molecular weight is 244 g/mol. The first kappa shape index (κ1) is 14.0. The maximum atomic E-state index is 10.9. The molecule has 0 aromatic heterocycles. The van der Waals surface area contributed by atoms with Gasteiger partial charge in [-0.15, -0.1) is 0 Å². The van der Waals surface area contributed by atoms with Gasteiger partial charge in [-0.25, -0.2) is 0 Å². The molecule has 0 aromatic carbocycles. The minimum absolute atomic E-state index is 0.0291. The van der Waals surface area contributed by atoms with Gasteiger partial charge in [0, 0.05) is 19.8 Å². The molecule has 1 saturated carbocycles. The van der Waals surface area contributed by atoms with Gasteiger partial charge in [0.15, 0.2) is 6.79 Å². The maximum Gasteiger partial charge on any atom is 0.304 e. The highest BCUT2D eigenvalue weighted by molar-refractivity contribution is 5.66. The van der Waals surface area contributed by atoms with Gasteiger partial charge in [-0.2, -0.15) is 0 Å². The Bertz CT molecular complexity index is 264. The zero-order valence-corrected chi connectivity index (χ0v) is 10.4. The lowest BCUT2D eigenvalue weighted by Gasteiger charge is -2.30. The molecule has 17 heavy (non-hydrogen) atoms. The number of esters is 2. The molecule has 5 nitrogen and oxygen atoms in total. The summed E-state index contributed by atoms with van der Waals surface area (Å²) < 4.78 is 15.2. The molecule has 1 aliphatic carbocycles. The van der Waals surface area contributed by atoms with Gasteiger partial charge in [0.2, 0.25) is 0 Å². The molecule has 98 valence electrons. The first-order chi connectivity index (χ1) is 8.09. The Balaban J connectivity index is 2.27. The normalized spacial score (nSPS) is 24.1. The summed E-state index contributed by atoms with van der Waals surface area (Å²) in [5.74, 6) is -0.393. The molecular weight excluding hydrogens is 224 g/mol. The van der Waals surface area contributed by atoms with Crippen LogP contribution in [0.25, 0.3) is 0 Å². The van der Waals surface area contributed by atoms with Gasteiger partial charge in [-0.1, -0.05) is 6.42 Å². The van der Waals surface area contributed by atoms with Gasteiger partial charge in [0.1, 0.15) is 6.10 Å². The van der Waals surface area contributed by atoms with Gasteiger partial charge >= 0.3 is 11.9 Å². The van der Waals surface area contributed by atoms with Crippen LogP contribution < -0.4 is 0 Å². The quantitative estimate of drug-likeness (QED) is 0.418. The molecule has 0 amide bonds. The standard InChI is InChI=1S/C12H20O5/c1-9(13)16-8-15-7-11-5-3-4-6-12(11)17-10(2)14/h11-12H,3-8H2,1-2H3. The fourth-order valence-corrected chi connectivity index (χ4v) is 2.06. The summed E-state index contributed by atoms with van der Waals surface area (Å²) in [7, 11) is 0. The molecule has 1 rings (SSSR count). The molecule has 5 heteroatoms. The van der Waals surface area contributed by atoms with Crippen molar-refractivity contribution in [3.8, 4) is 0 Å². The number of rotatable bonds is 5. The van der Waals surface area contributed by atoms with Crippen molar-refractivity contribution in [1.82, 2.24) is 0 Å². The van der Waals surface area contributed by atoms with Crippen LogP contribution in [0.3, 0.4) is 0 Å². The summed E-state index contributed by atoms with van der Waals surface area (Å²) in [4.78, 5) is 21.5. The predicted molar refractivity (Wildman–Crippen MR) is 60.1 cm³/mol. The first-order valence-corrected chi connectivity index (χ1v) is 5.98. The van der Waals surface area contributed by atoms with Crippen molar-refractivity contribution >= 4 is 11.9 Å². The summed E-state index contributed by atoms with van der Waals surface area (Å²) in [6.45, 7) is 3.20. The lowest BCUT2D eigenvalue weighted by molar-refractivity contribution is -0.160. The summed E-state index contributed by atoms with van der Waals surface area (Å²) in [5, 5.41) is 0. The molecule has 0 radical (unpaired) electrons. The summed E-state index contributed by atoms with van der Waals surface area (Å²) in [6.07, 6.45) is 4.02. The van der Waals surface area contributed by atoms with E-state index < -0.39 is 0 Å². The second kappa shape index (κ2) is 7.27. The van der Waals surface area contributed by atoms with Crippen LogP contribution in [-0.2, 0) is 23.8 Å². The molecule has 0 saturated heterocycles. The van der Waals surface area contributed by atoms with Crippen molar-refractivity contribution in [3.05, 3.63) is 0 Å². The highest BCUT2D eigenvalue weighted by Gasteiger charge is 2.27. The molecule has 0 aliphatic heterocycles. The lowest BCUT2D eigenvalue weighted by atomic mass is 9.87. The Morgan fingerprint density at radius 3 is 2.47 bits per heavy atom. The van der Waals surface area contributed by atoms with E-state index in [0.717, 1.165) is 25.7 Å². The van der Waals surface area contributed by atoms with Crippen molar-refractivity contribution in [2.45, 2.75) is 45.6 Å². The monoisotopic (exact) mass is 244 g/mol. The topological polar surface area (TPSA) is 61.8 Å². The minimum atomic E-state index is -0.356. The Morgan fingerprint density at radius 1 is 1.12 bits per heavy atom. The number of carbonyl (C=O) groups is 2. The number of ether oxygens (including phenoxy) is 3. The molecule has 0 bridgehead atoms. The van der Waals surface area contributed by atoms with Crippen molar-refractivity contribution in [2.24, 2.45) is 5.92 Å². The van der Waals surface area contributed by atoms with E-state index in [1.807, 2.05) is 0 Å². The molecule has 1 aliphatic rings. The Kier molecular flexibility index (Phi) is 5.97. The van der Waals surface area contributed by atoms with Gasteiger partial charge in [-0.05, 0) is 19.3 Å². The second-order valence-corrected chi connectivity index (χ2v) is 4.32. The summed E-state index contributed by atoms with van der Waals surface area (Å²) in [5.41, 5.74) is 0. The van der Waals surface area contributed by atoms with Crippen molar-refractivity contribution < 1.29 is 23.8 Å². The third kappa shape index (κ3) is 5.68. The molecule has 1 fully saturated rings. The zero-order valence-electron chi connectivity index (χ0n) is 10.4. The van der Waals surface area contributed by atoms with E-state index in [1.165, 1.54) is 13.8 Å². The van der Waals surface area contributed by atoms with E-state index in [9.17, 15) is 9.59 Å². The second-order valence-electron chi connectivity index (χ2n) is 4.32. The van der Waals surface area contributed by atoms with E-state index in [-0.39, 0.29) is 30.8 Å². The van der Waals surface area contributed by atoms with Crippen LogP contribution in [0.4, 0.5) is 0 Å². The molecule has 2 unspecified atom stereocenters. The van der Waals surface area contributed by atoms with Gasteiger partial charge in [0.25, 0.3) is 0 Å². The van der Waals surface area contributed by atoms with Gasteiger partial charge < -0.3 is 14.2 Å². The van der Waals surface area contributed by atoms with Crippen molar-refractivity contribution in [2.75, 3.05) is 13.4 Å². The predicted octanol–water partition coefficient (Wildman–Crippen LogP) is 1.65. The number of carbonyl (C=O) groups excluding carboxylic acids is 2. The Hall–Kier alpha value is -1.10. The first-order valence-electron chi connectivity index (χ1n) is 5.98. The van der Waals surface area contributed by atoms with Crippen LogP contribution in [0.2, 0.25) is 0 Å².